The van der Waals surface area contributed by atoms with Crippen LogP contribution in [0.2, 0.25) is 0 Å². The Morgan fingerprint density at radius 2 is 2.04 bits per heavy atom. The molecular weight excluding hydrogens is 292 g/mol. The number of hydrogen-bond acceptors (Lipinski definition) is 5. The van der Waals surface area contributed by atoms with Crippen LogP contribution >= 0.6 is 0 Å². The molecule has 6 heteroatoms. The zero-order valence-corrected chi connectivity index (χ0v) is 12.8. The molecule has 1 N–H and O–H groups in total. The minimum Gasteiger partial charge on any atom is -0.378 e. The Kier molecular flexibility index (Phi) is 3.67. The molecule has 0 atom stereocenters. The molecule has 0 unspecified atom stereocenters. The van der Waals surface area contributed by atoms with Crippen LogP contribution in [0.15, 0.2) is 41.2 Å². The van der Waals surface area contributed by atoms with Gasteiger partial charge in [0.05, 0.1) is 24.2 Å². The van der Waals surface area contributed by atoms with Crippen molar-refractivity contribution >= 4 is 22.5 Å². The fraction of sp³-hybridized carbons (Fsp3) is 0.353. The van der Waals surface area contributed by atoms with E-state index in [-0.39, 0.29) is 5.78 Å². The quantitative estimate of drug-likeness (QED) is 0.936. The topological polar surface area (TPSA) is 70.6 Å². The highest BCUT2D eigenvalue weighted by Gasteiger charge is 2.20. The average Bonchev–Trinajstić information content (AvgIpc) is 2.97. The van der Waals surface area contributed by atoms with Gasteiger partial charge < -0.3 is 14.6 Å². The van der Waals surface area contributed by atoms with E-state index in [4.69, 9.17) is 4.74 Å². The summed E-state index contributed by atoms with van der Waals surface area (Å²) < 4.78 is 5.36. The maximum absolute atomic E-state index is 12.0. The van der Waals surface area contributed by atoms with Crippen LogP contribution in [-0.4, -0.2) is 52.7 Å². The first-order valence-corrected chi connectivity index (χ1v) is 7.85. The third-order valence-corrected chi connectivity index (χ3v) is 4.09. The zero-order valence-electron chi connectivity index (χ0n) is 12.8. The second-order valence-electron chi connectivity index (χ2n) is 5.80. The van der Waals surface area contributed by atoms with Crippen molar-refractivity contribution in [3.8, 4) is 0 Å². The lowest BCUT2D eigenvalue weighted by Crippen LogP contribution is -2.36. The average molecular weight is 310 g/mol. The molecule has 0 spiro atoms. The van der Waals surface area contributed by atoms with Crippen LogP contribution in [0.25, 0.3) is 11.0 Å². The molecule has 23 heavy (non-hydrogen) atoms. The summed E-state index contributed by atoms with van der Waals surface area (Å²) in [5.74, 6) is 1.71. The molecule has 0 bridgehead atoms. The highest BCUT2D eigenvalue weighted by atomic mass is 16.5. The third-order valence-electron chi connectivity index (χ3n) is 4.09. The number of ketones is 1. The van der Waals surface area contributed by atoms with Gasteiger partial charge in [-0.25, -0.2) is 9.98 Å². The first-order valence-electron chi connectivity index (χ1n) is 7.85. The number of carbonyl (C=O) groups excluding carboxylic acids is 1. The van der Waals surface area contributed by atoms with Gasteiger partial charge in [0.1, 0.15) is 11.6 Å². The number of fused-ring (bicyclic) bond motifs is 1. The lowest BCUT2D eigenvalue weighted by molar-refractivity contribution is -0.113. The molecule has 1 aromatic heterocycles. The van der Waals surface area contributed by atoms with Crippen molar-refractivity contribution in [1.29, 1.82) is 0 Å². The van der Waals surface area contributed by atoms with Gasteiger partial charge in [-0.2, -0.15) is 0 Å². The van der Waals surface area contributed by atoms with Crippen molar-refractivity contribution in [1.82, 2.24) is 14.9 Å². The van der Waals surface area contributed by atoms with E-state index in [2.05, 4.69) is 19.9 Å². The number of imidazole rings is 1. The Labute approximate surface area is 133 Å². The van der Waals surface area contributed by atoms with E-state index in [0.717, 1.165) is 41.5 Å². The van der Waals surface area contributed by atoms with E-state index >= 15 is 0 Å². The van der Waals surface area contributed by atoms with E-state index in [1.54, 1.807) is 6.08 Å². The van der Waals surface area contributed by atoms with E-state index in [1.807, 2.05) is 24.3 Å². The minimum atomic E-state index is 0.104. The van der Waals surface area contributed by atoms with Gasteiger partial charge in [-0.3, -0.25) is 4.79 Å². The van der Waals surface area contributed by atoms with Gasteiger partial charge in [0.25, 0.3) is 0 Å². The molecule has 1 fully saturated rings. The Morgan fingerprint density at radius 3 is 2.87 bits per heavy atom. The number of carbonyl (C=O) groups is 1. The number of benzene rings is 1. The Hall–Kier alpha value is -2.47. The van der Waals surface area contributed by atoms with Crippen molar-refractivity contribution in [3.05, 3.63) is 42.0 Å². The molecule has 0 radical (unpaired) electrons. The largest absolute Gasteiger partial charge is 0.378 e. The number of nitrogens with zero attached hydrogens (tertiary/aromatic N) is 3. The summed E-state index contributed by atoms with van der Waals surface area (Å²) >= 11 is 0. The number of aromatic amines is 1. The molecule has 0 aliphatic carbocycles. The predicted octanol–water partition coefficient (Wildman–Crippen LogP) is 1.69. The van der Waals surface area contributed by atoms with Crippen molar-refractivity contribution in [2.45, 2.75) is 12.8 Å². The van der Waals surface area contributed by atoms with Crippen LogP contribution in [0.3, 0.4) is 0 Å². The van der Waals surface area contributed by atoms with Gasteiger partial charge in [0.2, 0.25) is 0 Å². The van der Waals surface area contributed by atoms with E-state index < -0.39 is 0 Å². The molecule has 1 saturated heterocycles. The molecule has 6 nitrogen and oxygen atoms in total. The molecule has 2 aliphatic heterocycles. The van der Waals surface area contributed by atoms with E-state index in [1.165, 1.54) is 0 Å². The molecule has 118 valence electrons. The lowest BCUT2D eigenvalue weighted by Gasteiger charge is -2.30. The van der Waals surface area contributed by atoms with Gasteiger partial charge >= 0.3 is 0 Å². The fourth-order valence-corrected chi connectivity index (χ4v) is 2.97. The Morgan fingerprint density at radius 1 is 1.22 bits per heavy atom. The summed E-state index contributed by atoms with van der Waals surface area (Å²) in [6.45, 7) is 2.92. The smallest absolute Gasteiger partial charge is 0.164 e. The number of para-hydroxylation sites is 2. The Bertz CT molecular complexity index is 767. The van der Waals surface area contributed by atoms with Crippen molar-refractivity contribution in [2.75, 3.05) is 26.3 Å². The third kappa shape index (κ3) is 3.03. The number of rotatable bonds is 3. The number of hydrogen-bond donors (Lipinski definition) is 1. The standard InChI is InChI=1S/C17H18N4O2/c22-13-9-12(18-17(11-13)21-5-7-23-8-6-21)10-16-19-14-3-1-2-4-15(14)20-16/h1-4,11H,5-10H2,(H,19,20). The first-order chi connectivity index (χ1) is 11.3. The number of morpholine rings is 1. The maximum Gasteiger partial charge on any atom is 0.164 e. The first kappa shape index (κ1) is 14.1. The van der Waals surface area contributed by atoms with Crippen LogP contribution in [-0.2, 0) is 16.0 Å². The monoisotopic (exact) mass is 310 g/mol. The fourth-order valence-electron chi connectivity index (χ4n) is 2.97. The van der Waals surface area contributed by atoms with Crippen LogP contribution in [0.1, 0.15) is 12.2 Å². The predicted molar refractivity (Wildman–Crippen MR) is 87.3 cm³/mol. The van der Waals surface area contributed by atoms with Crippen LogP contribution < -0.4 is 0 Å². The molecule has 2 aliphatic rings. The summed E-state index contributed by atoms with van der Waals surface area (Å²) in [6, 6.07) is 7.92. The number of H-pyrrole nitrogens is 1. The molecule has 0 saturated carbocycles. The SMILES string of the molecule is O=C1C=C(N2CCOCC2)N=C(Cc2nc3ccccc3[nH]2)C1. The summed E-state index contributed by atoms with van der Waals surface area (Å²) in [6.07, 6.45) is 2.58. The number of nitrogens with one attached hydrogen (secondary N) is 1. The lowest BCUT2D eigenvalue weighted by atomic mass is 10.1. The molecule has 4 rings (SSSR count). The Balaban J connectivity index is 1.56. The molecule has 2 aromatic rings. The van der Waals surface area contributed by atoms with Gasteiger partial charge in [-0.15, -0.1) is 0 Å². The zero-order chi connectivity index (χ0) is 15.6. The van der Waals surface area contributed by atoms with Crippen LogP contribution in [0.4, 0.5) is 0 Å². The molecule has 3 heterocycles. The van der Waals surface area contributed by atoms with Gasteiger partial charge in [-0.1, -0.05) is 12.1 Å². The summed E-state index contributed by atoms with van der Waals surface area (Å²) in [5, 5.41) is 0. The molecule has 1 aromatic carbocycles. The van der Waals surface area contributed by atoms with E-state index in [9.17, 15) is 4.79 Å². The minimum absolute atomic E-state index is 0.104. The summed E-state index contributed by atoms with van der Waals surface area (Å²) in [4.78, 5) is 26.7. The van der Waals surface area contributed by atoms with Gasteiger partial charge in [0.15, 0.2) is 5.78 Å². The summed E-state index contributed by atoms with van der Waals surface area (Å²) in [5.41, 5.74) is 2.81. The van der Waals surface area contributed by atoms with Gasteiger partial charge in [0, 0.05) is 37.7 Å². The second-order valence-corrected chi connectivity index (χ2v) is 5.80. The number of allylic oxidation sites excluding steroid dienone is 1. The van der Waals surface area contributed by atoms with Crippen LogP contribution in [0, 0.1) is 0 Å². The van der Waals surface area contributed by atoms with Crippen molar-refractivity contribution in [3.63, 3.8) is 0 Å². The number of aliphatic imine (C=N–C) groups is 1. The van der Waals surface area contributed by atoms with E-state index in [0.29, 0.717) is 26.1 Å². The highest BCUT2D eigenvalue weighted by Crippen LogP contribution is 2.17. The number of ether oxygens (including phenoxy) is 1. The van der Waals surface area contributed by atoms with Crippen molar-refractivity contribution < 1.29 is 9.53 Å². The van der Waals surface area contributed by atoms with Gasteiger partial charge in [-0.05, 0) is 12.1 Å². The normalized spacial score (nSPS) is 19.0. The summed E-state index contributed by atoms with van der Waals surface area (Å²) in [7, 11) is 0. The van der Waals surface area contributed by atoms with Crippen LogP contribution in [0.5, 0.6) is 0 Å². The second kappa shape index (κ2) is 5.96. The highest BCUT2D eigenvalue weighted by molar-refractivity contribution is 6.09. The molecular formula is C17H18N4O2. The number of aromatic nitrogens is 2. The maximum atomic E-state index is 12.0. The van der Waals surface area contributed by atoms with Crippen molar-refractivity contribution in [2.24, 2.45) is 4.99 Å². The molecule has 0 amide bonds.